The van der Waals surface area contributed by atoms with E-state index in [0.717, 1.165) is 5.69 Å². The van der Waals surface area contributed by atoms with E-state index in [4.69, 9.17) is 10.8 Å². The van der Waals surface area contributed by atoms with Gasteiger partial charge in [0.2, 0.25) is 5.91 Å². The molecular weight excluding hydrogens is 437 g/mol. The number of carbonyl (C=O) groups excluding carboxylic acids is 1. The highest BCUT2D eigenvalue weighted by molar-refractivity contribution is 6.01. The number of halogens is 1. The third kappa shape index (κ3) is 3.51. The molecule has 3 heterocycles. The predicted molar refractivity (Wildman–Crippen MR) is 127 cm³/mol. The van der Waals surface area contributed by atoms with Crippen molar-refractivity contribution in [1.82, 2.24) is 24.5 Å². The third-order valence-corrected chi connectivity index (χ3v) is 5.56. The maximum Gasteiger partial charge on any atom is 0.250 e. The maximum atomic E-state index is 14.1. The Kier molecular flexibility index (Phi) is 5.17. The van der Waals surface area contributed by atoms with Crippen molar-refractivity contribution in [2.24, 2.45) is 0 Å². The summed E-state index contributed by atoms with van der Waals surface area (Å²) < 4.78 is 15.7. The topological polar surface area (TPSA) is 115 Å². The van der Waals surface area contributed by atoms with E-state index in [1.807, 2.05) is 30.3 Å². The van der Waals surface area contributed by atoms with Gasteiger partial charge in [-0.05, 0) is 30.3 Å². The molecule has 0 saturated heterocycles. The minimum atomic E-state index is -0.755. The number of benzene rings is 2. The molecule has 34 heavy (non-hydrogen) atoms. The normalized spacial score (nSPS) is 11.2. The lowest BCUT2D eigenvalue weighted by atomic mass is 10.2. The van der Waals surface area contributed by atoms with Crippen LogP contribution in [0.2, 0.25) is 0 Å². The lowest BCUT2D eigenvalue weighted by molar-refractivity contribution is -0.114. The molecule has 0 aliphatic heterocycles. The number of phenolic OH excluding ortho intramolecular Hbond substituents is 1. The first-order valence-corrected chi connectivity index (χ1v) is 10.4. The van der Waals surface area contributed by atoms with Crippen molar-refractivity contribution in [3.05, 3.63) is 85.2 Å². The van der Waals surface area contributed by atoms with Crippen molar-refractivity contribution in [3.63, 3.8) is 0 Å². The Hall–Kier alpha value is -4.73. The van der Waals surface area contributed by atoms with E-state index in [1.54, 1.807) is 21.8 Å². The van der Waals surface area contributed by atoms with Crippen LogP contribution in [0.4, 0.5) is 15.9 Å². The molecule has 5 rings (SSSR count). The zero-order valence-corrected chi connectivity index (χ0v) is 18.0. The first-order valence-electron chi connectivity index (χ1n) is 10.4. The van der Waals surface area contributed by atoms with Crippen LogP contribution >= 0.6 is 0 Å². The summed E-state index contributed by atoms with van der Waals surface area (Å²) in [6.45, 7) is 3.92. The van der Waals surface area contributed by atoms with Crippen LogP contribution < -0.4 is 10.6 Å². The van der Waals surface area contributed by atoms with Crippen LogP contribution in [0.25, 0.3) is 21.9 Å². The van der Waals surface area contributed by atoms with Crippen LogP contribution in [-0.2, 0) is 11.2 Å². The van der Waals surface area contributed by atoms with Crippen molar-refractivity contribution in [2.75, 3.05) is 17.2 Å². The van der Waals surface area contributed by atoms with Gasteiger partial charge in [0.05, 0.1) is 11.2 Å². The molecule has 0 bridgehead atoms. The maximum absolute atomic E-state index is 14.1. The number of phenols is 1. The minimum absolute atomic E-state index is 0.201. The number of hydrogen-bond donors (Lipinski definition) is 2. The Bertz CT molecular complexity index is 1540. The quantitative estimate of drug-likeness (QED) is 0.378. The molecule has 0 fully saturated rings. The predicted octanol–water partition coefficient (Wildman–Crippen LogP) is 3.28. The molecule has 10 heteroatoms. The summed E-state index contributed by atoms with van der Waals surface area (Å²) >= 11 is 0. The Morgan fingerprint density at radius 2 is 2.00 bits per heavy atom. The van der Waals surface area contributed by atoms with Gasteiger partial charge in [0.1, 0.15) is 11.8 Å². The summed E-state index contributed by atoms with van der Waals surface area (Å²) in [7, 11) is 0. The Morgan fingerprint density at radius 1 is 1.21 bits per heavy atom. The van der Waals surface area contributed by atoms with Gasteiger partial charge in [-0.1, -0.05) is 24.8 Å². The van der Waals surface area contributed by atoms with Crippen molar-refractivity contribution >= 4 is 39.3 Å². The fraction of sp³-hybridized carbons (Fsp3) is 0.0833. The third-order valence-electron chi connectivity index (χ3n) is 5.56. The number of hydrogen-bond acceptors (Lipinski definition) is 6. The number of rotatable bonds is 6. The molecule has 0 spiro atoms. The second-order valence-corrected chi connectivity index (χ2v) is 7.59. The van der Waals surface area contributed by atoms with Gasteiger partial charge in [0.15, 0.2) is 22.9 Å². The number of nitrogens with two attached hydrogens (primary N) is 1. The highest BCUT2D eigenvalue weighted by Gasteiger charge is 2.20. The number of anilines is 2. The van der Waals surface area contributed by atoms with Crippen LogP contribution in [0.3, 0.4) is 0 Å². The molecule has 0 atom stereocenters. The second kappa shape index (κ2) is 8.32. The van der Waals surface area contributed by atoms with Crippen LogP contribution in [0, 0.1) is 5.82 Å². The van der Waals surface area contributed by atoms with Crippen LogP contribution in [0.1, 0.15) is 5.69 Å². The molecule has 0 aliphatic carbocycles. The van der Waals surface area contributed by atoms with Gasteiger partial charge in [0, 0.05) is 36.3 Å². The van der Waals surface area contributed by atoms with E-state index in [0.29, 0.717) is 40.6 Å². The summed E-state index contributed by atoms with van der Waals surface area (Å²) in [6, 6.07) is 13.5. The van der Waals surface area contributed by atoms with Gasteiger partial charge in [0.25, 0.3) is 0 Å². The number of aromatic nitrogens is 5. The summed E-state index contributed by atoms with van der Waals surface area (Å²) in [4.78, 5) is 24.1. The van der Waals surface area contributed by atoms with Gasteiger partial charge in [-0.3, -0.25) is 4.79 Å². The highest BCUT2D eigenvalue weighted by Crippen LogP contribution is 2.28. The van der Waals surface area contributed by atoms with Gasteiger partial charge in [-0.2, -0.15) is 9.89 Å². The smallest absolute Gasteiger partial charge is 0.250 e. The zero-order valence-electron chi connectivity index (χ0n) is 18.0. The molecule has 2 aromatic carbocycles. The average Bonchev–Trinajstić information content (AvgIpc) is 3.41. The molecule has 1 amide bonds. The number of nitrogens with zero attached hydrogens (tertiary/aromatic N) is 6. The lowest BCUT2D eigenvalue weighted by Crippen LogP contribution is -2.31. The van der Waals surface area contributed by atoms with Crippen molar-refractivity contribution < 1.29 is 14.3 Å². The minimum Gasteiger partial charge on any atom is -0.505 e. The molecule has 0 radical (unpaired) electrons. The van der Waals surface area contributed by atoms with E-state index in [-0.39, 0.29) is 11.7 Å². The van der Waals surface area contributed by atoms with E-state index < -0.39 is 11.6 Å². The van der Waals surface area contributed by atoms with E-state index in [9.17, 15) is 14.3 Å². The van der Waals surface area contributed by atoms with Crippen LogP contribution in [0.5, 0.6) is 5.75 Å². The van der Waals surface area contributed by atoms with E-state index >= 15 is 0 Å². The molecule has 3 N–H and O–H groups in total. The number of para-hydroxylation sites is 1. The van der Waals surface area contributed by atoms with Crippen LogP contribution in [0.15, 0.2) is 73.7 Å². The monoisotopic (exact) mass is 457 g/mol. The molecule has 0 aliphatic rings. The SMILES string of the molecule is C=CC(=O)N(CCc1nn(-n2ccc3cc(O)c(F)cc32)c2c(N)ncnc12)c1ccccc1. The van der Waals surface area contributed by atoms with Gasteiger partial charge >= 0.3 is 0 Å². The molecule has 0 unspecified atom stereocenters. The number of nitrogen functional groups attached to an aromatic ring is 1. The number of fused-ring (bicyclic) bond motifs is 2. The Balaban J connectivity index is 1.59. The van der Waals surface area contributed by atoms with Crippen molar-refractivity contribution in [1.29, 1.82) is 0 Å². The summed E-state index contributed by atoms with van der Waals surface area (Å²) in [5.41, 5.74) is 8.94. The van der Waals surface area contributed by atoms with Gasteiger partial charge < -0.3 is 15.7 Å². The van der Waals surface area contributed by atoms with Crippen LogP contribution in [-0.4, -0.2) is 42.1 Å². The van der Waals surface area contributed by atoms with E-state index in [2.05, 4.69) is 16.5 Å². The largest absolute Gasteiger partial charge is 0.505 e. The Morgan fingerprint density at radius 3 is 2.76 bits per heavy atom. The fourth-order valence-electron chi connectivity index (χ4n) is 3.93. The van der Waals surface area contributed by atoms with E-state index in [1.165, 1.54) is 29.3 Å². The molecule has 3 aromatic heterocycles. The molecular formula is C24H20FN7O2. The average molecular weight is 457 g/mol. The van der Waals surface area contributed by atoms with Crippen molar-refractivity contribution in [3.8, 4) is 5.75 Å². The molecule has 170 valence electrons. The molecule has 9 nitrogen and oxygen atoms in total. The lowest BCUT2D eigenvalue weighted by Gasteiger charge is -2.20. The number of amides is 1. The summed E-state index contributed by atoms with van der Waals surface area (Å²) in [5, 5.41) is 15.0. The number of aromatic hydroxyl groups is 1. The second-order valence-electron chi connectivity index (χ2n) is 7.59. The Labute approximate surface area is 193 Å². The summed E-state index contributed by atoms with van der Waals surface area (Å²) in [5.74, 6) is -1.23. The zero-order chi connectivity index (χ0) is 23.8. The molecule has 5 aromatic rings. The first kappa shape index (κ1) is 21.1. The van der Waals surface area contributed by atoms with Gasteiger partial charge in [-0.25, -0.2) is 19.0 Å². The standard InChI is InChI=1S/C24H20FN7O2/c1-2-21(34)30(16-6-4-3-5-7-16)10-9-18-22-23(24(26)28-14-27-22)32(29-18)31-11-8-15-12-20(33)17(25)13-19(15)31/h2-8,11-14,33H,1,9-10H2,(H2,26,27,28). The van der Waals surface area contributed by atoms with Crippen molar-refractivity contribution in [2.45, 2.75) is 6.42 Å². The van der Waals surface area contributed by atoms with Gasteiger partial charge in [-0.15, -0.1) is 0 Å². The number of carbonyl (C=O) groups is 1. The summed E-state index contributed by atoms with van der Waals surface area (Å²) in [6.07, 6.45) is 4.66. The highest BCUT2D eigenvalue weighted by atomic mass is 19.1. The fourth-order valence-corrected chi connectivity index (χ4v) is 3.93. The molecule has 0 saturated carbocycles. The first-order chi connectivity index (χ1) is 16.5.